The largest absolute Gasteiger partial charge is 0.493 e. The van der Waals surface area contributed by atoms with E-state index in [1.165, 1.54) is 43.2 Å². The second kappa shape index (κ2) is 8.14. The summed E-state index contributed by atoms with van der Waals surface area (Å²) in [6, 6.07) is 14.6. The lowest BCUT2D eigenvalue weighted by Gasteiger charge is -2.25. The molecule has 24 heavy (non-hydrogen) atoms. The van der Waals surface area contributed by atoms with E-state index in [-0.39, 0.29) is 0 Å². The van der Waals surface area contributed by atoms with Gasteiger partial charge in [-0.2, -0.15) is 0 Å². The lowest BCUT2D eigenvalue weighted by Crippen LogP contribution is -2.09. The van der Waals surface area contributed by atoms with Gasteiger partial charge in [-0.3, -0.25) is 4.99 Å². The molecule has 0 N–H and O–H groups in total. The molecule has 0 saturated heterocycles. The van der Waals surface area contributed by atoms with Crippen LogP contribution in [-0.4, -0.2) is 12.8 Å². The Morgan fingerprint density at radius 3 is 2.54 bits per heavy atom. The van der Waals surface area contributed by atoms with E-state index in [4.69, 9.17) is 4.74 Å². The molecule has 1 aliphatic rings. The summed E-state index contributed by atoms with van der Waals surface area (Å²) in [5, 5.41) is 0. The topological polar surface area (TPSA) is 21.6 Å². The summed E-state index contributed by atoms with van der Waals surface area (Å²) in [7, 11) is 0. The highest BCUT2D eigenvalue weighted by Gasteiger charge is 2.21. The Kier molecular flexibility index (Phi) is 5.68. The van der Waals surface area contributed by atoms with E-state index in [1.807, 2.05) is 36.5 Å². The van der Waals surface area contributed by atoms with Gasteiger partial charge in [-0.15, -0.1) is 0 Å². The standard InChI is InChI=1S/C22H27NO/c1-3-24-22-19(16-23-20-12-8-5-9-13-20)14-17(2)15-21(22)18-10-6-4-7-11-18/h5,8-9,12-16,18H,3-4,6-7,10-11H2,1-2H3. The fourth-order valence-corrected chi connectivity index (χ4v) is 3.61. The van der Waals surface area contributed by atoms with Gasteiger partial charge in [0.05, 0.1) is 12.3 Å². The first-order valence-corrected chi connectivity index (χ1v) is 9.14. The quantitative estimate of drug-likeness (QED) is 0.601. The fraction of sp³-hybridized carbons (Fsp3) is 0.409. The van der Waals surface area contributed by atoms with Crippen LogP contribution in [0.15, 0.2) is 47.5 Å². The van der Waals surface area contributed by atoms with Gasteiger partial charge in [0, 0.05) is 11.8 Å². The smallest absolute Gasteiger partial charge is 0.131 e. The molecule has 0 radical (unpaired) electrons. The van der Waals surface area contributed by atoms with Crippen molar-refractivity contribution in [1.29, 1.82) is 0 Å². The third-order valence-electron chi connectivity index (χ3n) is 4.73. The molecule has 0 atom stereocenters. The SMILES string of the molecule is CCOc1c(C=Nc2ccccc2)cc(C)cc1C1CCCCC1. The van der Waals surface area contributed by atoms with Crippen LogP contribution >= 0.6 is 0 Å². The zero-order chi connectivity index (χ0) is 16.8. The van der Waals surface area contributed by atoms with Crippen molar-refractivity contribution in [3.05, 3.63) is 59.2 Å². The molecule has 1 saturated carbocycles. The van der Waals surface area contributed by atoms with Crippen LogP contribution in [0.2, 0.25) is 0 Å². The molecular weight excluding hydrogens is 294 g/mol. The highest BCUT2D eigenvalue weighted by Crippen LogP contribution is 2.39. The zero-order valence-corrected chi connectivity index (χ0v) is 14.8. The van der Waals surface area contributed by atoms with Crippen LogP contribution in [0.25, 0.3) is 0 Å². The third-order valence-corrected chi connectivity index (χ3v) is 4.73. The Morgan fingerprint density at radius 1 is 1.08 bits per heavy atom. The summed E-state index contributed by atoms with van der Waals surface area (Å²) in [6.07, 6.45) is 8.54. The van der Waals surface area contributed by atoms with E-state index in [9.17, 15) is 0 Å². The molecule has 0 heterocycles. The van der Waals surface area contributed by atoms with Gasteiger partial charge in [0.2, 0.25) is 0 Å². The van der Waals surface area contributed by atoms with E-state index < -0.39 is 0 Å². The average Bonchev–Trinajstić information content (AvgIpc) is 2.63. The van der Waals surface area contributed by atoms with Crippen LogP contribution in [0.4, 0.5) is 5.69 Å². The molecule has 2 aromatic carbocycles. The highest BCUT2D eigenvalue weighted by molar-refractivity contribution is 5.86. The molecule has 0 aromatic heterocycles. The number of nitrogens with zero attached hydrogens (tertiary/aromatic N) is 1. The Morgan fingerprint density at radius 2 is 1.83 bits per heavy atom. The fourth-order valence-electron chi connectivity index (χ4n) is 3.61. The number of aliphatic imine (C=N–C) groups is 1. The second-order valence-electron chi connectivity index (χ2n) is 6.63. The molecule has 0 amide bonds. The maximum absolute atomic E-state index is 6.07. The van der Waals surface area contributed by atoms with Gasteiger partial charge in [-0.25, -0.2) is 0 Å². The maximum Gasteiger partial charge on any atom is 0.131 e. The normalized spacial score (nSPS) is 15.8. The molecule has 2 heteroatoms. The predicted octanol–water partition coefficient (Wildman–Crippen LogP) is 6.19. The number of para-hydroxylation sites is 1. The molecule has 126 valence electrons. The highest BCUT2D eigenvalue weighted by atomic mass is 16.5. The van der Waals surface area contributed by atoms with Gasteiger partial charge >= 0.3 is 0 Å². The van der Waals surface area contributed by atoms with Crippen molar-refractivity contribution in [2.24, 2.45) is 4.99 Å². The molecule has 3 rings (SSSR count). The molecular formula is C22H27NO. The molecule has 1 fully saturated rings. The van der Waals surface area contributed by atoms with Gasteiger partial charge in [0.25, 0.3) is 0 Å². The minimum absolute atomic E-state index is 0.629. The lowest BCUT2D eigenvalue weighted by molar-refractivity contribution is 0.327. The van der Waals surface area contributed by atoms with Gasteiger partial charge in [0.15, 0.2) is 0 Å². The maximum atomic E-state index is 6.07. The summed E-state index contributed by atoms with van der Waals surface area (Å²) in [5.74, 6) is 1.67. The van der Waals surface area contributed by atoms with Crippen molar-refractivity contribution in [3.8, 4) is 5.75 Å². The molecule has 0 aliphatic heterocycles. The first-order chi connectivity index (χ1) is 11.8. The van der Waals surface area contributed by atoms with Gasteiger partial charge in [-0.1, -0.05) is 43.5 Å². The van der Waals surface area contributed by atoms with Gasteiger partial charge in [0.1, 0.15) is 5.75 Å². The van der Waals surface area contributed by atoms with Crippen molar-refractivity contribution < 1.29 is 4.74 Å². The number of ether oxygens (including phenoxy) is 1. The van der Waals surface area contributed by atoms with E-state index >= 15 is 0 Å². The molecule has 0 bridgehead atoms. The van der Waals surface area contributed by atoms with E-state index in [0.29, 0.717) is 12.5 Å². The number of rotatable bonds is 5. The van der Waals surface area contributed by atoms with Crippen LogP contribution in [0.1, 0.15) is 61.6 Å². The Balaban J connectivity index is 1.97. The second-order valence-corrected chi connectivity index (χ2v) is 6.63. The molecule has 2 aromatic rings. The first-order valence-electron chi connectivity index (χ1n) is 9.14. The van der Waals surface area contributed by atoms with Crippen LogP contribution in [0, 0.1) is 6.92 Å². The van der Waals surface area contributed by atoms with Gasteiger partial charge < -0.3 is 4.74 Å². The Bertz CT molecular complexity index is 685. The molecule has 2 nitrogen and oxygen atoms in total. The summed E-state index contributed by atoms with van der Waals surface area (Å²) in [6.45, 7) is 4.92. The van der Waals surface area contributed by atoms with Crippen molar-refractivity contribution in [3.63, 3.8) is 0 Å². The molecule has 1 aliphatic carbocycles. The van der Waals surface area contributed by atoms with Crippen LogP contribution in [0.3, 0.4) is 0 Å². The third kappa shape index (κ3) is 4.05. The number of aryl methyl sites for hydroxylation is 1. The van der Waals surface area contributed by atoms with Crippen molar-refractivity contribution in [1.82, 2.24) is 0 Å². The van der Waals surface area contributed by atoms with Crippen molar-refractivity contribution >= 4 is 11.9 Å². The van der Waals surface area contributed by atoms with Crippen LogP contribution in [0.5, 0.6) is 5.75 Å². The molecule has 0 unspecified atom stereocenters. The summed E-state index contributed by atoms with van der Waals surface area (Å²) in [5.41, 5.74) is 4.74. The minimum atomic E-state index is 0.629. The number of hydrogen-bond donors (Lipinski definition) is 0. The van der Waals surface area contributed by atoms with Crippen LogP contribution in [-0.2, 0) is 0 Å². The van der Waals surface area contributed by atoms with Crippen molar-refractivity contribution in [2.75, 3.05) is 6.61 Å². The van der Waals surface area contributed by atoms with Crippen LogP contribution < -0.4 is 4.74 Å². The number of hydrogen-bond acceptors (Lipinski definition) is 2. The number of benzene rings is 2. The van der Waals surface area contributed by atoms with E-state index in [0.717, 1.165) is 17.0 Å². The van der Waals surface area contributed by atoms with E-state index in [2.05, 4.69) is 31.0 Å². The van der Waals surface area contributed by atoms with E-state index in [1.54, 1.807) is 0 Å². The Labute approximate surface area is 145 Å². The van der Waals surface area contributed by atoms with Crippen molar-refractivity contribution in [2.45, 2.75) is 51.9 Å². The molecule has 0 spiro atoms. The summed E-state index contributed by atoms with van der Waals surface area (Å²) >= 11 is 0. The zero-order valence-electron chi connectivity index (χ0n) is 14.8. The average molecular weight is 321 g/mol. The first kappa shape index (κ1) is 16.8. The summed E-state index contributed by atoms with van der Waals surface area (Å²) < 4.78 is 6.07. The monoisotopic (exact) mass is 321 g/mol. The summed E-state index contributed by atoms with van der Waals surface area (Å²) in [4.78, 5) is 4.64. The predicted molar refractivity (Wildman–Crippen MR) is 102 cm³/mol. The Hall–Kier alpha value is -2.09. The lowest BCUT2D eigenvalue weighted by atomic mass is 9.82. The van der Waals surface area contributed by atoms with Gasteiger partial charge in [-0.05, 0) is 61.9 Å². The minimum Gasteiger partial charge on any atom is -0.493 e.